The number of halogens is 2. The molecule has 1 aliphatic rings. The van der Waals surface area contributed by atoms with Crippen LogP contribution in [-0.2, 0) is 31.6 Å². The smallest absolute Gasteiger partial charge is 0.385 e. The second kappa shape index (κ2) is 8.89. The number of alkyl halides is 1. The third-order valence-electron chi connectivity index (χ3n) is 3.04. The van der Waals surface area contributed by atoms with Gasteiger partial charge in [0.25, 0.3) is 5.85 Å². The van der Waals surface area contributed by atoms with Crippen LogP contribution in [0.3, 0.4) is 0 Å². The summed E-state index contributed by atoms with van der Waals surface area (Å²) in [4.78, 5) is 49.1. The van der Waals surface area contributed by atoms with Crippen LogP contribution in [0.5, 0.6) is 0 Å². The number of phosphoric ester groups is 1. The first kappa shape index (κ1) is 22.1. The van der Waals surface area contributed by atoms with Crippen LogP contribution in [0, 0.1) is 10.5 Å². The first-order valence-electron chi connectivity index (χ1n) is 8.58. The Labute approximate surface area is 178 Å². The molecule has 2 rings (SSSR count). The Morgan fingerprint density at radius 2 is 1.87 bits per heavy atom. The van der Waals surface area contributed by atoms with Gasteiger partial charge in [0.1, 0.15) is 23.4 Å². The Morgan fingerprint density at radius 1 is 1.29 bits per heavy atom. The molecule has 0 saturated carbocycles. The number of aromatic nitrogens is 2. The van der Waals surface area contributed by atoms with Crippen molar-refractivity contribution in [2.75, 3.05) is 6.56 Å². The van der Waals surface area contributed by atoms with Gasteiger partial charge in [-0.15, -0.1) is 0 Å². The molecule has 0 amide bonds. The fourth-order valence-electron chi connectivity index (χ4n) is 1.91. The number of aliphatic hydroxyl groups excluding tert-OH is 2. The van der Waals surface area contributed by atoms with Crippen LogP contribution in [0.4, 0.5) is 8.78 Å². The van der Waals surface area contributed by atoms with Gasteiger partial charge in [-0.2, -0.15) is 8.62 Å². The molecule has 2 heterocycles. The number of rotatable bonds is 8. The number of H-pyrrole nitrogens is 1. The Balaban J connectivity index is 2.44. The molecule has 0 aromatic carbocycles. The van der Waals surface area contributed by atoms with E-state index < -0.39 is 70.4 Å². The van der Waals surface area contributed by atoms with Crippen molar-refractivity contribution in [3.63, 3.8) is 0 Å². The summed E-state index contributed by atoms with van der Waals surface area (Å²) in [5, 5.41) is 20.0. The third-order valence-corrected chi connectivity index (χ3v) is 6.98. The summed E-state index contributed by atoms with van der Waals surface area (Å²) in [5.74, 6) is -5.98. The number of hydrogen-bond donors (Lipinski definition) is 7. The maximum Gasteiger partial charge on any atom is 0.490 e. The third kappa shape index (κ3) is 6.63. The van der Waals surface area contributed by atoms with Gasteiger partial charge in [-0.05, 0) is 0 Å². The second-order valence-electron chi connectivity index (χ2n) is 5.37. The molecule has 31 heavy (non-hydrogen) atoms. The Hall–Kier alpha value is -0.750. The van der Waals surface area contributed by atoms with Crippen LogP contribution in [0.2, 0.25) is 0 Å². The maximum absolute atomic E-state index is 15.4. The van der Waals surface area contributed by atoms with E-state index in [0.29, 0.717) is 0 Å². The van der Waals surface area contributed by atoms with Gasteiger partial charge in [0.05, 0.1) is 10.3 Å². The van der Waals surface area contributed by atoms with Gasteiger partial charge in [-0.3, -0.25) is 14.1 Å². The molecule has 7 N–H and O–H groups in total. The fourth-order valence-corrected chi connectivity index (χ4v) is 4.93. The van der Waals surface area contributed by atoms with Crippen molar-refractivity contribution in [3.8, 4) is 0 Å². The molecule has 22 heteroatoms. The van der Waals surface area contributed by atoms with Gasteiger partial charge < -0.3 is 34.5 Å². The lowest BCUT2D eigenvalue weighted by Crippen LogP contribution is -2.43. The van der Waals surface area contributed by atoms with Crippen molar-refractivity contribution >= 4 is 35.7 Å². The Bertz CT molecular complexity index is 1240. The summed E-state index contributed by atoms with van der Waals surface area (Å²) in [6.45, 7) is -4.51. The topological polar surface area (TPSA) is 247 Å². The quantitative estimate of drug-likeness (QED) is 0.159. The molecular formula is C9H13F2N2O14P3S. The predicted octanol–water partition coefficient (Wildman–Crippen LogP) is -0.695. The van der Waals surface area contributed by atoms with Crippen LogP contribution in [0.1, 0.15) is 10.3 Å². The van der Waals surface area contributed by atoms with Crippen molar-refractivity contribution < 1.29 is 74.3 Å². The fraction of sp³-hybridized carbons (Fsp3) is 0.556. The molecule has 1 aliphatic heterocycles. The number of phosphoric acid groups is 3. The van der Waals surface area contributed by atoms with Gasteiger partial charge in [0.15, 0.2) is 12.0 Å². The molecule has 0 spiro atoms. The van der Waals surface area contributed by atoms with E-state index in [1.165, 1.54) is 0 Å². The van der Waals surface area contributed by atoms with Crippen LogP contribution in [0.25, 0.3) is 0 Å². The highest BCUT2D eigenvalue weighted by Gasteiger charge is 2.57. The predicted molar refractivity (Wildman–Crippen MR) is 91.6 cm³/mol. The summed E-state index contributed by atoms with van der Waals surface area (Å²) < 4.78 is 99.5. The van der Waals surface area contributed by atoms with Gasteiger partial charge in [0.2, 0.25) is 0 Å². The minimum atomic E-state index is -6.38. The van der Waals surface area contributed by atoms with E-state index >= 15 is 4.39 Å². The lowest BCUT2D eigenvalue weighted by Gasteiger charge is -2.24. The highest BCUT2D eigenvalue weighted by atomic mass is 32.1. The highest BCUT2D eigenvalue weighted by Crippen LogP contribution is 2.66. The number of aliphatic hydroxyl groups is 2. The van der Waals surface area contributed by atoms with Crippen LogP contribution in [0.15, 0.2) is 11.0 Å². The lowest BCUT2D eigenvalue weighted by molar-refractivity contribution is -0.205. The van der Waals surface area contributed by atoms with Crippen LogP contribution in [-0.4, -0.2) is 64.0 Å². The zero-order valence-electron chi connectivity index (χ0n) is 17.1. The number of hydrogen-bond acceptors (Lipinski definition) is 11. The number of aromatic amines is 1. The molecule has 178 valence electrons. The zero-order chi connectivity index (χ0) is 26.7. The minimum Gasteiger partial charge on any atom is -0.385 e. The summed E-state index contributed by atoms with van der Waals surface area (Å²) in [7, 11) is -18.4. The lowest BCUT2D eigenvalue weighted by atomic mass is 10.1. The first-order chi connectivity index (χ1) is 15.0. The summed E-state index contributed by atoms with van der Waals surface area (Å²) in [6.07, 6.45) is -9.62. The summed E-state index contributed by atoms with van der Waals surface area (Å²) in [6, 6.07) is 0. The summed E-state index contributed by atoms with van der Waals surface area (Å²) in [5.41, 5.74) is -1.52. The van der Waals surface area contributed by atoms with Crippen LogP contribution >= 0.6 is 35.7 Å². The molecule has 2 unspecified atom stereocenters. The molecule has 0 bridgehead atoms. The SMILES string of the molecule is [2H]C([2H])(OP(=O)(O)OP(=O)(O)OP(=O)(O)O)[C@@]1(F)O[C@@]([2H])(n2cc(F)c(=S)[nH]c2=O)[C@H](O)[C@@H]1O. The molecule has 1 fully saturated rings. The standard InChI is InChI=1S/C9H13F2N2O14P3S/c10-3-1-13(8(16)12-6(3)31)7-4(14)5(15)9(11,25-7)2-24-29(20,21)27-30(22,23)26-28(17,18)19/h1,4-5,7,14-15H,2H2,(H,20,21)(H,22,23)(H,12,16,31)(H2,17,18,19)/t4-,5+,7-,9-/m1/s1/i2D2,7D. The van der Waals surface area contributed by atoms with Gasteiger partial charge in [-0.1, -0.05) is 12.2 Å². The average molecular weight is 539 g/mol. The molecule has 1 aromatic rings. The highest BCUT2D eigenvalue weighted by molar-refractivity contribution is 7.71. The number of nitrogens with zero attached hydrogens (tertiary/aromatic N) is 1. The molecular weight excluding hydrogens is 523 g/mol. The van der Waals surface area contributed by atoms with E-state index in [9.17, 15) is 38.0 Å². The van der Waals surface area contributed by atoms with E-state index in [-0.39, 0.29) is 10.8 Å². The van der Waals surface area contributed by atoms with E-state index in [2.05, 4.69) is 30.1 Å². The molecule has 0 aliphatic carbocycles. The molecule has 1 aromatic heterocycles. The minimum absolute atomic E-state index is 0.119. The Morgan fingerprint density at radius 3 is 2.42 bits per heavy atom. The Kier molecular flexibility index (Phi) is 6.33. The average Bonchev–Trinajstić information content (AvgIpc) is 2.76. The zero-order valence-corrected chi connectivity index (χ0v) is 17.6. The first-order valence-corrected chi connectivity index (χ1v) is 12.0. The van der Waals surface area contributed by atoms with Crippen molar-refractivity contribution in [1.82, 2.24) is 9.55 Å². The van der Waals surface area contributed by atoms with E-state index in [4.69, 9.17) is 18.8 Å². The molecule has 0 radical (unpaired) electrons. The second-order valence-corrected chi connectivity index (χ2v) is 10.1. The van der Waals surface area contributed by atoms with E-state index in [1.54, 1.807) is 4.98 Å². The van der Waals surface area contributed by atoms with Gasteiger partial charge >= 0.3 is 29.2 Å². The van der Waals surface area contributed by atoms with E-state index in [0.717, 1.165) is 0 Å². The largest absolute Gasteiger partial charge is 0.490 e. The number of nitrogens with one attached hydrogen (secondary N) is 1. The van der Waals surface area contributed by atoms with Crippen molar-refractivity contribution in [2.24, 2.45) is 0 Å². The van der Waals surface area contributed by atoms with E-state index in [1.807, 2.05) is 0 Å². The molecule has 16 nitrogen and oxygen atoms in total. The monoisotopic (exact) mass is 539 g/mol. The van der Waals surface area contributed by atoms with Crippen LogP contribution < -0.4 is 5.69 Å². The maximum atomic E-state index is 15.4. The van der Waals surface area contributed by atoms with Crippen molar-refractivity contribution in [1.29, 1.82) is 0 Å². The normalized spacial score (nSPS) is 34.9. The van der Waals surface area contributed by atoms with Gasteiger partial charge in [-0.25, -0.2) is 27.3 Å². The number of ether oxygens (including phenoxy) is 1. The molecule has 1 saturated heterocycles. The van der Waals surface area contributed by atoms with Gasteiger partial charge in [0, 0.05) is 0 Å². The summed E-state index contributed by atoms with van der Waals surface area (Å²) >= 11 is 4.42. The molecule has 6 atom stereocenters. The van der Waals surface area contributed by atoms with Crippen molar-refractivity contribution in [3.05, 3.63) is 27.1 Å². The van der Waals surface area contributed by atoms with Crippen molar-refractivity contribution in [2.45, 2.75) is 24.3 Å².